The van der Waals surface area contributed by atoms with Gasteiger partial charge in [0.2, 0.25) is 46.6 Å². The minimum Gasteiger partial charge on any atom is -0.502 e. The molecule has 140 heavy (non-hydrogen) atoms. The standard InChI is InChI=1S/C30H31NO5.C29H28FNO4.C29H29NO5.C28H26FNO4/c1-17-7-8-21(11-18(17)2)31-29(32)16-25-19(3)24(23-10-9-22(34-4)15-26(23)25)12-20-13-27(35-5)30(33)28(14-20)36-6;1-16-6-8-21(10-17(16)2)31-28(32)15-24-18(3)23(22-9-7-20(30)14-25(22)24)11-19-12-26(34-4)29(33)27(13-19)35-5;1-17-7-6-8-20(11-17)30-28(31)16-24-18(2)23(22-10-9-21(33-3)15-25(22)24)12-19-13-26(34-4)29(32)27(14-19)35-5;1-16-6-5-7-20(10-16)30-27(31)15-23-17(2)22(21-9-8-19(29)14-24(21)23)11-18-12-25(33-3)28(32)26(13-18)34-4/h7-15,33H,16H2,1-6H3,(H,31,32);6-14,33H,15H2,1-5H3,(H,31,32);6-15,32H,16H2,1-5H3,(H,30,31);5-14,32H,15H2,1-4H3,(H,30,31)/b24-12-;23-11-;23-12-;22-11-. The van der Waals surface area contributed by atoms with E-state index in [1.807, 2.05) is 215 Å². The molecular formula is C116H114F2N4O18. The van der Waals surface area contributed by atoms with Gasteiger partial charge in [-0.25, -0.2) is 8.78 Å². The third-order valence-electron chi connectivity index (χ3n) is 25.1. The number of halogens is 2. The maximum absolute atomic E-state index is 14.2. The van der Waals surface area contributed by atoms with Crippen LogP contribution in [0.2, 0.25) is 0 Å². The van der Waals surface area contributed by atoms with E-state index in [1.165, 1.54) is 86.7 Å². The summed E-state index contributed by atoms with van der Waals surface area (Å²) < 4.78 is 81.7. The number of allylic oxidation sites excluding steroid dienone is 8. The molecule has 4 amide bonds. The fraction of sp³-hybridized carbons (Fsp3) is 0.207. The summed E-state index contributed by atoms with van der Waals surface area (Å²) in [6, 6.07) is 61.8. The number of hydrogen-bond donors (Lipinski definition) is 8. The molecule has 0 saturated carbocycles. The molecule has 0 unspecified atom stereocenters. The summed E-state index contributed by atoms with van der Waals surface area (Å²) in [5.74, 6) is 2.35. The van der Waals surface area contributed by atoms with E-state index in [9.17, 15) is 48.4 Å². The molecule has 4 aliphatic carbocycles. The average Bonchev–Trinajstić information content (AvgIpc) is 1.61. The molecule has 24 heteroatoms. The largest absolute Gasteiger partial charge is 0.502 e. The molecule has 0 fully saturated rings. The first-order chi connectivity index (χ1) is 67.1. The Hall–Kier alpha value is -16.5. The number of hydrogen-bond acceptors (Lipinski definition) is 18. The van der Waals surface area contributed by atoms with E-state index >= 15 is 0 Å². The fourth-order valence-corrected chi connectivity index (χ4v) is 17.4. The Morgan fingerprint density at radius 3 is 0.721 bits per heavy atom. The van der Waals surface area contributed by atoms with Crippen LogP contribution >= 0.6 is 0 Å². The Balaban J connectivity index is 0.000000157. The summed E-state index contributed by atoms with van der Waals surface area (Å²) in [5.41, 5.74) is 30.6. The van der Waals surface area contributed by atoms with Crippen LogP contribution in [0.15, 0.2) is 229 Å². The number of aromatic hydroxyl groups is 4. The molecule has 4 aliphatic rings. The molecule has 22 nitrogen and oxygen atoms in total. The van der Waals surface area contributed by atoms with Gasteiger partial charge in [-0.3, -0.25) is 19.2 Å². The van der Waals surface area contributed by atoms with Crippen LogP contribution in [0.25, 0.3) is 68.9 Å². The van der Waals surface area contributed by atoms with Gasteiger partial charge in [0.1, 0.15) is 23.1 Å². The third-order valence-corrected chi connectivity index (χ3v) is 25.1. The lowest BCUT2D eigenvalue weighted by molar-refractivity contribution is -0.116. The highest BCUT2D eigenvalue weighted by molar-refractivity contribution is 6.14. The number of aryl methyl sites for hydroxylation is 6. The Morgan fingerprint density at radius 1 is 0.257 bits per heavy atom. The van der Waals surface area contributed by atoms with Crippen LogP contribution in [-0.2, 0) is 19.2 Å². The second-order valence-electron chi connectivity index (χ2n) is 34.2. The maximum Gasteiger partial charge on any atom is 0.228 e. The topological polar surface area (TPSA) is 290 Å². The summed E-state index contributed by atoms with van der Waals surface area (Å²) in [6.45, 7) is 19.9. The van der Waals surface area contributed by atoms with E-state index in [1.54, 1.807) is 74.9 Å². The van der Waals surface area contributed by atoms with Gasteiger partial charge in [-0.05, 0) is 406 Å². The van der Waals surface area contributed by atoms with Crippen molar-refractivity contribution in [3.8, 4) is 80.5 Å². The molecule has 0 radical (unpaired) electrons. The highest BCUT2D eigenvalue weighted by Crippen LogP contribution is 2.52. The van der Waals surface area contributed by atoms with Gasteiger partial charge in [0.15, 0.2) is 46.0 Å². The van der Waals surface area contributed by atoms with Gasteiger partial charge in [0, 0.05) is 22.7 Å². The van der Waals surface area contributed by atoms with Crippen LogP contribution in [0.1, 0.15) is 154 Å². The Labute approximate surface area is 814 Å². The van der Waals surface area contributed by atoms with Crippen LogP contribution in [0.3, 0.4) is 0 Å². The van der Waals surface area contributed by atoms with Crippen molar-refractivity contribution < 1.29 is 95.8 Å². The Bertz CT molecular complexity index is 7070. The second-order valence-corrected chi connectivity index (χ2v) is 34.2. The number of methoxy groups -OCH3 is 10. The van der Waals surface area contributed by atoms with E-state index in [0.717, 1.165) is 185 Å². The summed E-state index contributed by atoms with van der Waals surface area (Å²) in [4.78, 5) is 51.9. The van der Waals surface area contributed by atoms with Crippen molar-refractivity contribution in [3.05, 3.63) is 340 Å². The summed E-state index contributed by atoms with van der Waals surface area (Å²) >= 11 is 0. The van der Waals surface area contributed by atoms with Crippen molar-refractivity contribution in [3.63, 3.8) is 0 Å². The predicted octanol–water partition coefficient (Wildman–Crippen LogP) is 25.2. The quantitative estimate of drug-likeness (QED) is 0.0250. The molecular weight excluding hydrogens is 1780 g/mol. The molecule has 0 saturated heterocycles. The zero-order chi connectivity index (χ0) is 101. The molecule has 0 heterocycles. The molecule has 12 aromatic rings. The number of nitrogens with one attached hydrogen (secondary N) is 4. The highest BCUT2D eigenvalue weighted by Gasteiger charge is 2.33. The first-order valence-corrected chi connectivity index (χ1v) is 45.0. The van der Waals surface area contributed by atoms with Crippen LogP contribution in [0.5, 0.6) is 80.5 Å². The lowest BCUT2D eigenvalue weighted by Gasteiger charge is -2.11. The van der Waals surface area contributed by atoms with Gasteiger partial charge in [0.25, 0.3) is 0 Å². The Morgan fingerprint density at radius 2 is 0.493 bits per heavy atom. The number of fused-ring (bicyclic) bond motifs is 4. The highest BCUT2D eigenvalue weighted by atomic mass is 19.1. The molecule has 16 rings (SSSR count). The van der Waals surface area contributed by atoms with Gasteiger partial charge in [-0.1, -0.05) is 60.7 Å². The third kappa shape index (κ3) is 22.9. The lowest BCUT2D eigenvalue weighted by atomic mass is 10.00. The number of phenols is 4. The number of carbonyl (C=O) groups is 4. The van der Waals surface area contributed by atoms with Gasteiger partial charge in [0.05, 0.1) is 96.8 Å². The molecule has 0 bridgehead atoms. The van der Waals surface area contributed by atoms with E-state index in [4.69, 9.17) is 47.4 Å². The van der Waals surface area contributed by atoms with Crippen molar-refractivity contribution in [1.82, 2.24) is 0 Å². The zero-order valence-electron chi connectivity index (χ0n) is 82.0. The number of carbonyl (C=O) groups excluding carboxylic acids is 4. The van der Waals surface area contributed by atoms with E-state index in [0.29, 0.717) is 34.1 Å². The van der Waals surface area contributed by atoms with Crippen LogP contribution in [0, 0.1) is 53.2 Å². The first-order valence-electron chi connectivity index (χ1n) is 45.0. The molecule has 8 N–H and O–H groups in total. The predicted molar refractivity (Wildman–Crippen MR) is 553 cm³/mol. The summed E-state index contributed by atoms with van der Waals surface area (Å²) in [7, 11) is 15.1. The minimum absolute atomic E-state index is 0.0466. The van der Waals surface area contributed by atoms with Crippen molar-refractivity contribution in [2.75, 3.05) is 92.4 Å². The molecule has 0 spiro atoms. The van der Waals surface area contributed by atoms with Gasteiger partial charge in [-0.15, -0.1) is 0 Å². The molecule has 12 aromatic carbocycles. The zero-order valence-corrected chi connectivity index (χ0v) is 82.0. The van der Waals surface area contributed by atoms with Crippen LogP contribution < -0.4 is 68.6 Å². The fourth-order valence-electron chi connectivity index (χ4n) is 17.4. The van der Waals surface area contributed by atoms with E-state index in [2.05, 4.69) is 21.3 Å². The monoisotopic (exact) mass is 1890 g/mol. The van der Waals surface area contributed by atoms with Crippen molar-refractivity contribution in [2.24, 2.45) is 0 Å². The van der Waals surface area contributed by atoms with Gasteiger partial charge >= 0.3 is 0 Å². The SMILES string of the molecule is COc1cc(/C=C2/C(C)=C(CC(=O)Nc3ccc(C)c(C)c3)c3cc(F)ccc32)cc(OC)c1O.COc1cc(/C=C2/C(C)=C(CC(=O)Nc3cccc(C)c3)c3cc(F)ccc32)cc(OC)c1O.COc1ccc2c(c1)C(CC(=O)Nc1ccc(C)c(C)c1)=C(C)/C2=C/c1cc(OC)c(O)c(OC)c1.COc1ccc2c(c1)C(CC(=O)Nc1cccc(C)c1)=C(C)/C2=C/c1cc(OC)c(O)c(OC)c1. The Kier molecular flexibility index (Phi) is 32.1. The number of ether oxygens (including phenoxy) is 10. The van der Waals surface area contributed by atoms with Crippen molar-refractivity contribution >= 4 is 115 Å². The molecule has 0 aromatic heterocycles. The maximum atomic E-state index is 14.2. The number of amides is 4. The minimum atomic E-state index is -0.364. The smallest absolute Gasteiger partial charge is 0.228 e. The van der Waals surface area contributed by atoms with E-state index < -0.39 is 0 Å². The van der Waals surface area contributed by atoms with Crippen molar-refractivity contribution in [1.29, 1.82) is 0 Å². The summed E-state index contributed by atoms with van der Waals surface area (Å²) in [6.07, 6.45) is 8.52. The number of anilines is 4. The van der Waals surface area contributed by atoms with Gasteiger partial charge < -0.3 is 89.1 Å². The van der Waals surface area contributed by atoms with Crippen molar-refractivity contribution in [2.45, 2.75) is 94.9 Å². The number of benzene rings is 12. The number of rotatable bonds is 26. The van der Waals surface area contributed by atoms with Crippen LogP contribution in [0.4, 0.5) is 31.5 Å². The number of phenolic OH excluding ortho intramolecular Hbond substituents is 4. The average molecular weight is 1890 g/mol. The molecule has 0 aliphatic heterocycles. The molecule has 0 atom stereocenters. The normalized spacial score (nSPS) is 13.6. The molecule has 720 valence electrons. The van der Waals surface area contributed by atoms with E-state index in [-0.39, 0.29) is 107 Å². The van der Waals surface area contributed by atoms with Crippen LogP contribution in [-0.4, -0.2) is 115 Å². The second kappa shape index (κ2) is 44.5. The van der Waals surface area contributed by atoms with Gasteiger partial charge in [-0.2, -0.15) is 0 Å². The first kappa shape index (κ1) is 101. The lowest BCUT2D eigenvalue weighted by Crippen LogP contribution is -2.12. The summed E-state index contributed by atoms with van der Waals surface area (Å²) in [5, 5.41) is 53.0.